The maximum atomic E-state index is 8.88. The number of nitrogens with one attached hydrogen (secondary N) is 1. The molecule has 0 aliphatic carbocycles. The van der Waals surface area contributed by atoms with Crippen LogP contribution in [0.1, 0.15) is 13.3 Å². The predicted octanol–water partition coefficient (Wildman–Crippen LogP) is -0.769. The molecule has 0 aliphatic rings. The Morgan fingerprint density at radius 2 is 2.27 bits per heavy atom. The highest BCUT2D eigenvalue weighted by molar-refractivity contribution is 4.88. The maximum Gasteiger partial charge on any atom is 0.0951 e. The summed E-state index contributed by atoms with van der Waals surface area (Å²) in [6, 6.07) is 1.80. The van der Waals surface area contributed by atoms with E-state index in [0.717, 1.165) is 0 Å². The number of aliphatic hydroxyl groups is 2. The Bertz CT molecular complexity index is 133. The number of hydrogen-bond donors (Lipinski definition) is 3. The lowest BCUT2D eigenvalue weighted by atomic mass is 10.2. The summed E-state index contributed by atoms with van der Waals surface area (Å²) in [6.45, 7) is 1.88. The van der Waals surface area contributed by atoms with Gasteiger partial charge < -0.3 is 10.2 Å². The molecule has 0 aromatic heterocycles. The summed E-state index contributed by atoms with van der Waals surface area (Å²) in [5.41, 5.74) is 0. The minimum absolute atomic E-state index is 0.226. The van der Waals surface area contributed by atoms with Crippen molar-refractivity contribution in [3.05, 3.63) is 0 Å². The standard InChI is InChI=1S/C7H14N2O2/c1-2-6(3-8)9-4-7(11)5-10/h6-7,9-11H,2,4-5H2,1H3. The molecule has 4 heteroatoms. The summed E-state index contributed by atoms with van der Waals surface area (Å²) in [4.78, 5) is 0. The predicted molar refractivity (Wildman–Crippen MR) is 40.8 cm³/mol. The molecular formula is C7H14N2O2. The molecule has 0 aromatic carbocycles. The summed E-state index contributed by atoms with van der Waals surface area (Å²) in [6.07, 6.45) is -0.0633. The monoisotopic (exact) mass is 158 g/mol. The quantitative estimate of drug-likeness (QED) is 0.491. The highest BCUT2D eigenvalue weighted by atomic mass is 16.3. The highest BCUT2D eigenvalue weighted by Crippen LogP contribution is 1.88. The maximum absolute atomic E-state index is 8.88. The molecule has 0 rings (SSSR count). The van der Waals surface area contributed by atoms with Gasteiger partial charge in [0.15, 0.2) is 0 Å². The molecule has 0 heterocycles. The fourth-order valence-electron chi connectivity index (χ4n) is 0.624. The van der Waals surface area contributed by atoms with Crippen LogP contribution in [0.15, 0.2) is 0 Å². The Kier molecular flexibility index (Phi) is 5.75. The molecule has 0 amide bonds. The third-order valence-corrected chi connectivity index (χ3v) is 1.37. The van der Waals surface area contributed by atoms with Crippen molar-refractivity contribution in [2.75, 3.05) is 13.2 Å². The largest absolute Gasteiger partial charge is 0.394 e. The molecule has 0 saturated heterocycles. The van der Waals surface area contributed by atoms with Gasteiger partial charge in [0.05, 0.1) is 24.8 Å². The van der Waals surface area contributed by atoms with E-state index in [0.29, 0.717) is 6.42 Å². The zero-order valence-electron chi connectivity index (χ0n) is 6.62. The number of nitriles is 1. The minimum Gasteiger partial charge on any atom is -0.394 e. The van der Waals surface area contributed by atoms with Crippen molar-refractivity contribution in [2.45, 2.75) is 25.5 Å². The van der Waals surface area contributed by atoms with E-state index in [1.807, 2.05) is 13.0 Å². The van der Waals surface area contributed by atoms with Gasteiger partial charge in [0, 0.05) is 6.54 Å². The van der Waals surface area contributed by atoms with E-state index in [1.54, 1.807) is 0 Å². The Morgan fingerprint density at radius 1 is 1.64 bits per heavy atom. The third kappa shape index (κ3) is 4.73. The summed E-state index contributed by atoms with van der Waals surface area (Å²) < 4.78 is 0. The summed E-state index contributed by atoms with van der Waals surface area (Å²) >= 11 is 0. The van der Waals surface area contributed by atoms with Crippen LogP contribution in [-0.4, -0.2) is 35.5 Å². The van der Waals surface area contributed by atoms with Crippen molar-refractivity contribution in [2.24, 2.45) is 0 Å². The average molecular weight is 158 g/mol. The molecule has 0 radical (unpaired) electrons. The first-order valence-corrected chi connectivity index (χ1v) is 3.66. The molecular weight excluding hydrogens is 144 g/mol. The second kappa shape index (κ2) is 6.10. The molecule has 11 heavy (non-hydrogen) atoms. The van der Waals surface area contributed by atoms with Gasteiger partial charge in [-0.3, -0.25) is 5.32 Å². The van der Waals surface area contributed by atoms with Gasteiger partial charge in [-0.1, -0.05) is 6.92 Å². The van der Waals surface area contributed by atoms with Gasteiger partial charge in [-0.15, -0.1) is 0 Å². The van der Waals surface area contributed by atoms with Crippen LogP contribution in [0, 0.1) is 11.3 Å². The summed E-state index contributed by atoms with van der Waals surface area (Å²) in [5, 5.41) is 28.5. The Morgan fingerprint density at radius 3 is 2.64 bits per heavy atom. The Labute approximate surface area is 66.5 Å². The minimum atomic E-state index is -0.766. The van der Waals surface area contributed by atoms with E-state index < -0.39 is 6.10 Å². The zero-order chi connectivity index (χ0) is 8.69. The molecule has 2 atom stereocenters. The summed E-state index contributed by atoms with van der Waals surface area (Å²) in [5.74, 6) is 0. The molecule has 0 aliphatic heterocycles. The van der Waals surface area contributed by atoms with Crippen LogP contribution in [0.4, 0.5) is 0 Å². The van der Waals surface area contributed by atoms with E-state index in [1.165, 1.54) is 0 Å². The Hall–Kier alpha value is -0.630. The van der Waals surface area contributed by atoms with E-state index >= 15 is 0 Å². The van der Waals surface area contributed by atoms with Gasteiger partial charge in [-0.25, -0.2) is 0 Å². The highest BCUT2D eigenvalue weighted by Gasteiger charge is 2.06. The van der Waals surface area contributed by atoms with Crippen molar-refractivity contribution >= 4 is 0 Å². The smallest absolute Gasteiger partial charge is 0.0951 e. The van der Waals surface area contributed by atoms with Crippen LogP contribution >= 0.6 is 0 Å². The van der Waals surface area contributed by atoms with E-state index in [9.17, 15) is 0 Å². The molecule has 0 spiro atoms. The van der Waals surface area contributed by atoms with Crippen molar-refractivity contribution in [1.82, 2.24) is 5.32 Å². The second-order valence-corrected chi connectivity index (χ2v) is 2.33. The van der Waals surface area contributed by atoms with Gasteiger partial charge >= 0.3 is 0 Å². The number of hydrogen-bond acceptors (Lipinski definition) is 4. The molecule has 0 bridgehead atoms. The van der Waals surface area contributed by atoms with Crippen LogP contribution in [-0.2, 0) is 0 Å². The van der Waals surface area contributed by atoms with Crippen molar-refractivity contribution in [1.29, 1.82) is 5.26 Å². The van der Waals surface area contributed by atoms with Crippen LogP contribution < -0.4 is 5.32 Å². The van der Waals surface area contributed by atoms with Gasteiger partial charge in [-0.2, -0.15) is 5.26 Å². The lowest BCUT2D eigenvalue weighted by Gasteiger charge is -2.11. The SMILES string of the molecule is CCC(C#N)NCC(O)CO. The first-order valence-electron chi connectivity index (χ1n) is 3.66. The fraction of sp³-hybridized carbons (Fsp3) is 0.857. The first kappa shape index (κ1) is 10.4. The van der Waals surface area contributed by atoms with Gasteiger partial charge in [0.1, 0.15) is 0 Å². The average Bonchev–Trinajstić information content (AvgIpc) is 2.06. The van der Waals surface area contributed by atoms with Gasteiger partial charge in [0.2, 0.25) is 0 Å². The van der Waals surface area contributed by atoms with Crippen LogP contribution in [0.3, 0.4) is 0 Å². The van der Waals surface area contributed by atoms with Crippen molar-refractivity contribution in [3.8, 4) is 6.07 Å². The van der Waals surface area contributed by atoms with Crippen molar-refractivity contribution < 1.29 is 10.2 Å². The number of nitrogens with zero attached hydrogens (tertiary/aromatic N) is 1. The first-order chi connectivity index (χ1) is 5.24. The molecule has 4 nitrogen and oxygen atoms in total. The third-order valence-electron chi connectivity index (χ3n) is 1.37. The van der Waals surface area contributed by atoms with Gasteiger partial charge in [-0.05, 0) is 6.42 Å². The van der Waals surface area contributed by atoms with E-state index in [2.05, 4.69) is 5.32 Å². The summed E-state index contributed by atoms with van der Waals surface area (Å²) in [7, 11) is 0. The fourth-order valence-corrected chi connectivity index (χ4v) is 0.624. The van der Waals surface area contributed by atoms with Gasteiger partial charge in [0.25, 0.3) is 0 Å². The lowest BCUT2D eigenvalue weighted by Crippen LogP contribution is -2.35. The molecule has 0 fully saturated rings. The number of rotatable bonds is 5. The van der Waals surface area contributed by atoms with E-state index in [4.69, 9.17) is 15.5 Å². The molecule has 0 aromatic rings. The molecule has 64 valence electrons. The zero-order valence-corrected chi connectivity index (χ0v) is 6.62. The van der Waals surface area contributed by atoms with Crippen LogP contribution in [0.25, 0.3) is 0 Å². The normalized spacial score (nSPS) is 15.5. The van der Waals surface area contributed by atoms with E-state index in [-0.39, 0.29) is 19.2 Å². The lowest BCUT2D eigenvalue weighted by molar-refractivity contribution is 0.0932. The Balaban J connectivity index is 3.44. The second-order valence-electron chi connectivity index (χ2n) is 2.33. The van der Waals surface area contributed by atoms with Crippen molar-refractivity contribution in [3.63, 3.8) is 0 Å². The van der Waals surface area contributed by atoms with Crippen LogP contribution in [0.5, 0.6) is 0 Å². The molecule has 0 saturated carbocycles. The molecule has 3 N–H and O–H groups in total. The topological polar surface area (TPSA) is 76.3 Å². The van der Waals surface area contributed by atoms with Crippen LogP contribution in [0.2, 0.25) is 0 Å². The number of aliphatic hydroxyl groups excluding tert-OH is 2. The molecule has 2 unspecified atom stereocenters.